The van der Waals surface area contributed by atoms with Crippen LogP contribution in [0.1, 0.15) is 55.9 Å². The molecule has 0 aromatic heterocycles. The van der Waals surface area contributed by atoms with Gasteiger partial charge in [-0.15, -0.1) is 0 Å². The number of carbonyl (C=O) groups excluding carboxylic acids is 2. The summed E-state index contributed by atoms with van der Waals surface area (Å²) in [4.78, 5) is 28.6. The summed E-state index contributed by atoms with van der Waals surface area (Å²) < 4.78 is 69.5. The zero-order chi connectivity index (χ0) is 31.9. The molecule has 1 N–H and O–H groups in total. The highest BCUT2D eigenvalue weighted by Gasteiger charge is 2.36. The molecule has 0 aliphatic heterocycles. The number of aryl methyl sites for hydroxylation is 2. The highest BCUT2D eigenvalue weighted by molar-refractivity contribution is 7.92. The van der Waals surface area contributed by atoms with Gasteiger partial charge < -0.3 is 10.2 Å². The van der Waals surface area contributed by atoms with Crippen LogP contribution in [0.5, 0.6) is 0 Å². The summed E-state index contributed by atoms with van der Waals surface area (Å²) in [5.74, 6) is -1.13. The van der Waals surface area contributed by atoms with Crippen molar-refractivity contribution in [2.24, 2.45) is 0 Å². The van der Waals surface area contributed by atoms with Crippen molar-refractivity contribution in [1.29, 1.82) is 0 Å². The Balaban J connectivity index is 2.12. The number of hydrogen-bond donors (Lipinski definition) is 1. The van der Waals surface area contributed by atoms with Gasteiger partial charge in [0.1, 0.15) is 12.6 Å². The van der Waals surface area contributed by atoms with E-state index in [1.54, 1.807) is 32.0 Å². The summed E-state index contributed by atoms with van der Waals surface area (Å²) in [5.41, 5.74) is 1.04. The summed E-state index contributed by atoms with van der Waals surface area (Å²) in [7, 11) is -4.50. The standard InChI is InChI=1S/C32H38F3N3O4S/c1-6-24(5)36-31(40)29(7-2)37(20-25-11-8-10-23(4)18-25)30(39)21-38(27-13-9-12-26(19-27)32(33,34)35)43(41,42)28-16-14-22(3)15-17-28/h8-19,24,29H,6-7,20-21H2,1-5H3,(H,36,40)/t24-,29-/m0/s1. The van der Waals surface area contributed by atoms with Gasteiger partial charge in [0.25, 0.3) is 10.0 Å². The Morgan fingerprint density at radius 1 is 0.884 bits per heavy atom. The maximum absolute atomic E-state index is 14.1. The van der Waals surface area contributed by atoms with E-state index in [4.69, 9.17) is 0 Å². The van der Waals surface area contributed by atoms with Crippen LogP contribution in [0.4, 0.5) is 18.9 Å². The molecule has 7 nitrogen and oxygen atoms in total. The summed E-state index contributed by atoms with van der Waals surface area (Å²) in [6.45, 7) is 8.30. The van der Waals surface area contributed by atoms with Crippen LogP contribution in [0.25, 0.3) is 0 Å². The second-order valence-corrected chi connectivity index (χ2v) is 12.5. The maximum Gasteiger partial charge on any atom is 0.416 e. The van der Waals surface area contributed by atoms with Gasteiger partial charge in [-0.1, -0.05) is 67.4 Å². The van der Waals surface area contributed by atoms with Crippen LogP contribution in [0.2, 0.25) is 0 Å². The average molecular weight is 618 g/mol. The fourth-order valence-electron chi connectivity index (χ4n) is 4.57. The van der Waals surface area contributed by atoms with Crippen LogP contribution in [0.3, 0.4) is 0 Å². The summed E-state index contributed by atoms with van der Waals surface area (Å²) >= 11 is 0. The number of carbonyl (C=O) groups is 2. The Morgan fingerprint density at radius 2 is 1.53 bits per heavy atom. The fourth-order valence-corrected chi connectivity index (χ4v) is 5.98. The minimum atomic E-state index is -4.74. The molecule has 11 heteroatoms. The van der Waals surface area contributed by atoms with Gasteiger partial charge in [-0.3, -0.25) is 13.9 Å². The molecule has 232 valence electrons. The Kier molecular flexibility index (Phi) is 11.0. The third-order valence-corrected chi connectivity index (χ3v) is 8.96. The number of benzene rings is 3. The highest BCUT2D eigenvalue weighted by Crippen LogP contribution is 2.33. The Bertz CT molecular complexity index is 1530. The van der Waals surface area contributed by atoms with Gasteiger partial charge in [0, 0.05) is 12.6 Å². The molecule has 0 saturated heterocycles. The monoisotopic (exact) mass is 617 g/mol. The largest absolute Gasteiger partial charge is 0.416 e. The van der Waals surface area contributed by atoms with Gasteiger partial charge in [0.2, 0.25) is 11.8 Å². The van der Waals surface area contributed by atoms with Crippen LogP contribution >= 0.6 is 0 Å². The van der Waals surface area contributed by atoms with Crippen molar-refractivity contribution in [2.75, 3.05) is 10.8 Å². The quantitative estimate of drug-likeness (QED) is 0.261. The molecule has 2 atom stereocenters. The van der Waals surface area contributed by atoms with E-state index in [1.165, 1.54) is 23.1 Å². The molecule has 2 amide bonds. The first-order valence-corrected chi connectivity index (χ1v) is 15.5. The fraction of sp³-hybridized carbons (Fsp3) is 0.375. The smallest absolute Gasteiger partial charge is 0.352 e. The lowest BCUT2D eigenvalue weighted by Gasteiger charge is -2.34. The Labute approximate surface area is 251 Å². The SMILES string of the molecule is CC[C@H](C)NC(=O)[C@H](CC)N(Cc1cccc(C)c1)C(=O)CN(c1cccc(C(F)(F)F)c1)S(=O)(=O)c1ccc(C)cc1. The van der Waals surface area contributed by atoms with E-state index >= 15 is 0 Å². The molecule has 0 aliphatic carbocycles. The number of halogens is 3. The van der Waals surface area contributed by atoms with Gasteiger partial charge >= 0.3 is 6.18 Å². The zero-order valence-electron chi connectivity index (χ0n) is 25.0. The van der Waals surface area contributed by atoms with Crippen molar-refractivity contribution in [3.8, 4) is 0 Å². The first kappa shape index (κ1) is 33.6. The van der Waals surface area contributed by atoms with Crippen molar-refractivity contribution < 1.29 is 31.2 Å². The molecule has 0 aliphatic rings. The molecular weight excluding hydrogens is 579 g/mol. The normalized spacial score (nSPS) is 13.2. The third-order valence-electron chi connectivity index (χ3n) is 7.17. The number of nitrogens with one attached hydrogen (secondary N) is 1. The lowest BCUT2D eigenvalue weighted by molar-refractivity contribution is -0.140. The molecule has 43 heavy (non-hydrogen) atoms. The first-order chi connectivity index (χ1) is 20.2. The molecular formula is C32H38F3N3O4S. The van der Waals surface area contributed by atoms with Crippen molar-refractivity contribution >= 4 is 27.5 Å². The van der Waals surface area contributed by atoms with Crippen LogP contribution in [0, 0.1) is 13.8 Å². The maximum atomic E-state index is 14.1. The molecule has 0 unspecified atom stereocenters. The minimum Gasteiger partial charge on any atom is -0.352 e. The van der Waals surface area contributed by atoms with Gasteiger partial charge in [-0.2, -0.15) is 13.2 Å². The number of amides is 2. The lowest BCUT2D eigenvalue weighted by atomic mass is 10.1. The predicted octanol–water partition coefficient (Wildman–Crippen LogP) is 6.24. The second kappa shape index (κ2) is 14.1. The second-order valence-electron chi connectivity index (χ2n) is 10.6. The number of rotatable bonds is 12. The Hall–Kier alpha value is -3.86. The molecule has 0 spiro atoms. The van der Waals surface area contributed by atoms with E-state index in [2.05, 4.69) is 5.32 Å². The molecule has 3 aromatic carbocycles. The Morgan fingerprint density at radius 3 is 2.12 bits per heavy atom. The molecule has 0 heterocycles. The van der Waals surface area contributed by atoms with E-state index in [0.717, 1.165) is 28.8 Å². The minimum absolute atomic E-state index is 0.00600. The molecule has 0 bridgehead atoms. The van der Waals surface area contributed by atoms with Crippen LogP contribution in [0.15, 0.2) is 77.7 Å². The van der Waals surface area contributed by atoms with Crippen molar-refractivity contribution in [3.05, 3.63) is 95.1 Å². The topological polar surface area (TPSA) is 86.8 Å². The molecule has 3 rings (SSSR count). The highest BCUT2D eigenvalue weighted by atomic mass is 32.2. The molecule has 3 aromatic rings. The summed E-state index contributed by atoms with van der Waals surface area (Å²) in [5, 5.41) is 2.89. The van der Waals surface area contributed by atoms with Gasteiger partial charge in [-0.25, -0.2) is 8.42 Å². The number of nitrogens with zero attached hydrogens (tertiary/aromatic N) is 2. The zero-order valence-corrected chi connectivity index (χ0v) is 25.8. The number of hydrogen-bond acceptors (Lipinski definition) is 4. The van der Waals surface area contributed by atoms with Crippen LogP contribution in [-0.4, -0.2) is 43.8 Å². The van der Waals surface area contributed by atoms with E-state index in [0.29, 0.717) is 16.8 Å². The van der Waals surface area contributed by atoms with E-state index in [1.807, 2.05) is 39.0 Å². The van der Waals surface area contributed by atoms with Gasteiger partial charge in [0.15, 0.2) is 0 Å². The number of alkyl halides is 3. The number of anilines is 1. The van der Waals surface area contributed by atoms with Gasteiger partial charge in [-0.05, 0) is 69.5 Å². The predicted molar refractivity (Wildman–Crippen MR) is 161 cm³/mol. The average Bonchev–Trinajstić information content (AvgIpc) is 2.95. The number of sulfonamides is 1. The van der Waals surface area contributed by atoms with E-state index in [-0.39, 0.29) is 29.6 Å². The lowest BCUT2D eigenvalue weighted by Crippen LogP contribution is -2.53. The van der Waals surface area contributed by atoms with Crippen molar-refractivity contribution in [3.63, 3.8) is 0 Å². The molecule has 0 radical (unpaired) electrons. The van der Waals surface area contributed by atoms with Crippen LogP contribution < -0.4 is 9.62 Å². The first-order valence-electron chi connectivity index (χ1n) is 14.1. The molecule has 0 fully saturated rings. The van der Waals surface area contributed by atoms with E-state index < -0.39 is 46.2 Å². The molecule has 0 saturated carbocycles. The van der Waals surface area contributed by atoms with E-state index in [9.17, 15) is 31.2 Å². The van der Waals surface area contributed by atoms with Crippen molar-refractivity contribution in [2.45, 2.75) is 77.2 Å². The third kappa shape index (κ3) is 8.59. The van der Waals surface area contributed by atoms with Gasteiger partial charge in [0.05, 0.1) is 16.1 Å². The van der Waals surface area contributed by atoms with Crippen molar-refractivity contribution in [1.82, 2.24) is 10.2 Å². The van der Waals surface area contributed by atoms with Crippen LogP contribution in [-0.2, 0) is 32.3 Å². The summed E-state index contributed by atoms with van der Waals surface area (Å²) in [6, 6.07) is 15.9. The summed E-state index contributed by atoms with van der Waals surface area (Å²) in [6.07, 6.45) is -3.85.